The van der Waals surface area contributed by atoms with Gasteiger partial charge >= 0.3 is 0 Å². The summed E-state index contributed by atoms with van der Waals surface area (Å²) in [6.07, 6.45) is 4.06. The third kappa shape index (κ3) is 3.29. The molecule has 1 unspecified atom stereocenters. The van der Waals surface area contributed by atoms with Crippen molar-refractivity contribution in [1.82, 2.24) is 4.90 Å². The molecule has 0 aliphatic carbocycles. The normalized spacial score (nSPS) is 24.3. The Morgan fingerprint density at radius 2 is 2.38 bits per heavy atom. The van der Waals surface area contributed by atoms with Crippen molar-refractivity contribution in [3.05, 3.63) is 12.2 Å². The lowest BCUT2D eigenvalue weighted by Crippen LogP contribution is -2.36. The van der Waals surface area contributed by atoms with Gasteiger partial charge in [0, 0.05) is 13.0 Å². The molecular weight excluding hydrogens is 277 g/mol. The summed E-state index contributed by atoms with van der Waals surface area (Å²) in [5.74, 6) is 0.292. The molecule has 3 heteroatoms. The first-order chi connectivity index (χ1) is 6.11. The van der Waals surface area contributed by atoms with Crippen LogP contribution >= 0.6 is 22.6 Å². The lowest BCUT2D eigenvalue weighted by atomic mass is 10.2. The number of amides is 1. The summed E-state index contributed by atoms with van der Waals surface area (Å²) in [5, 5.41) is 0. The maximum Gasteiger partial charge on any atom is 0.223 e. The average Bonchev–Trinajstić information content (AvgIpc) is 2.18. The van der Waals surface area contributed by atoms with Gasteiger partial charge in [0.1, 0.15) is 0 Å². The summed E-state index contributed by atoms with van der Waals surface area (Å²) in [6, 6.07) is 0. The number of likely N-dealkylation sites (tertiary alicyclic amines) is 1. The van der Waals surface area contributed by atoms with Gasteiger partial charge in [-0.15, -0.1) is 0 Å². The Labute approximate surface area is 93.5 Å². The number of nitrogens with zero attached hydrogens (tertiary/aromatic N) is 1. The molecule has 0 N–H and O–H groups in total. The van der Waals surface area contributed by atoms with Crippen molar-refractivity contribution in [3.63, 3.8) is 0 Å². The van der Waals surface area contributed by atoms with Crippen molar-refractivity contribution in [3.8, 4) is 0 Å². The second-order valence-electron chi connectivity index (χ2n) is 3.66. The standard InChI is InChI=1S/C10H16INO/c1-8(2)7-12-9(11)5-3-4-6-10(12)13/h9H,1,3-7H2,2H3. The van der Waals surface area contributed by atoms with E-state index in [0.717, 1.165) is 25.0 Å². The van der Waals surface area contributed by atoms with E-state index in [0.29, 0.717) is 16.4 Å². The molecule has 1 saturated heterocycles. The van der Waals surface area contributed by atoms with Crippen LogP contribution in [0.15, 0.2) is 12.2 Å². The number of carbonyl (C=O) groups is 1. The number of rotatable bonds is 2. The zero-order valence-electron chi connectivity index (χ0n) is 8.05. The van der Waals surface area contributed by atoms with Gasteiger partial charge in [0.2, 0.25) is 5.91 Å². The minimum atomic E-state index is 0.292. The molecule has 1 aliphatic rings. The fourth-order valence-electron chi connectivity index (χ4n) is 1.52. The van der Waals surface area contributed by atoms with Crippen LogP contribution in [-0.4, -0.2) is 21.4 Å². The van der Waals surface area contributed by atoms with E-state index in [1.54, 1.807) is 0 Å². The molecule has 1 aliphatic heterocycles. The molecule has 13 heavy (non-hydrogen) atoms. The van der Waals surface area contributed by atoms with E-state index in [4.69, 9.17) is 0 Å². The Balaban J connectivity index is 2.63. The van der Waals surface area contributed by atoms with Crippen LogP contribution in [0.25, 0.3) is 0 Å². The molecule has 0 aromatic rings. The van der Waals surface area contributed by atoms with Gasteiger partial charge in [0.25, 0.3) is 0 Å². The summed E-state index contributed by atoms with van der Waals surface area (Å²) < 4.78 is 0.365. The molecule has 1 atom stereocenters. The predicted octanol–water partition coefficient (Wildman–Crippen LogP) is 2.73. The highest BCUT2D eigenvalue weighted by atomic mass is 127. The zero-order chi connectivity index (χ0) is 9.84. The number of alkyl halides is 1. The van der Waals surface area contributed by atoms with Crippen LogP contribution in [0.3, 0.4) is 0 Å². The molecule has 0 radical (unpaired) electrons. The number of hydrogen-bond donors (Lipinski definition) is 0. The summed E-state index contributed by atoms with van der Waals surface area (Å²) >= 11 is 2.36. The van der Waals surface area contributed by atoms with E-state index in [1.165, 1.54) is 6.42 Å². The Morgan fingerprint density at radius 3 is 3.00 bits per heavy atom. The van der Waals surface area contributed by atoms with Crippen molar-refractivity contribution in [1.29, 1.82) is 0 Å². The van der Waals surface area contributed by atoms with Gasteiger partial charge in [-0.1, -0.05) is 41.2 Å². The molecule has 74 valence electrons. The summed E-state index contributed by atoms with van der Waals surface area (Å²) in [6.45, 7) is 6.55. The average molecular weight is 293 g/mol. The van der Waals surface area contributed by atoms with Crippen LogP contribution < -0.4 is 0 Å². The predicted molar refractivity (Wildman–Crippen MR) is 62.8 cm³/mol. The van der Waals surface area contributed by atoms with Crippen LogP contribution in [0.1, 0.15) is 32.6 Å². The number of halogens is 1. The Kier molecular flexibility index (Phi) is 4.22. The summed E-state index contributed by atoms with van der Waals surface area (Å²) in [4.78, 5) is 13.6. The maximum atomic E-state index is 11.6. The van der Waals surface area contributed by atoms with Crippen LogP contribution in [0.5, 0.6) is 0 Å². The van der Waals surface area contributed by atoms with Gasteiger partial charge in [0.15, 0.2) is 0 Å². The largest absolute Gasteiger partial charge is 0.327 e. The summed E-state index contributed by atoms with van der Waals surface area (Å²) in [5.41, 5.74) is 1.07. The first-order valence-electron chi connectivity index (χ1n) is 4.69. The Morgan fingerprint density at radius 1 is 1.69 bits per heavy atom. The van der Waals surface area contributed by atoms with Crippen molar-refractivity contribution < 1.29 is 4.79 Å². The molecule has 0 spiro atoms. The Hall–Kier alpha value is -0.0600. The van der Waals surface area contributed by atoms with Crippen LogP contribution in [-0.2, 0) is 4.79 Å². The van der Waals surface area contributed by atoms with Crippen LogP contribution in [0.4, 0.5) is 0 Å². The molecule has 0 bridgehead atoms. The fourth-order valence-corrected chi connectivity index (χ4v) is 2.47. The number of hydrogen-bond acceptors (Lipinski definition) is 1. The van der Waals surface area contributed by atoms with Crippen LogP contribution in [0, 0.1) is 0 Å². The molecule has 1 fully saturated rings. The van der Waals surface area contributed by atoms with Gasteiger partial charge in [-0.3, -0.25) is 4.79 Å². The van der Waals surface area contributed by atoms with E-state index in [-0.39, 0.29) is 0 Å². The molecule has 0 aromatic carbocycles. The van der Waals surface area contributed by atoms with E-state index in [9.17, 15) is 4.79 Å². The maximum absolute atomic E-state index is 11.6. The monoisotopic (exact) mass is 293 g/mol. The van der Waals surface area contributed by atoms with Gasteiger partial charge in [-0.25, -0.2) is 0 Å². The third-order valence-electron chi connectivity index (χ3n) is 2.18. The highest BCUT2D eigenvalue weighted by Crippen LogP contribution is 2.22. The zero-order valence-corrected chi connectivity index (χ0v) is 10.2. The SMILES string of the molecule is C=C(C)CN1C(=O)CCCCC1I. The number of carbonyl (C=O) groups excluding carboxylic acids is 1. The lowest BCUT2D eigenvalue weighted by molar-refractivity contribution is -0.130. The van der Waals surface area contributed by atoms with Crippen molar-refractivity contribution in [2.24, 2.45) is 0 Å². The third-order valence-corrected chi connectivity index (χ3v) is 3.48. The molecule has 0 aromatic heterocycles. The second kappa shape index (κ2) is 4.98. The lowest BCUT2D eigenvalue weighted by Gasteiger charge is -2.25. The van der Waals surface area contributed by atoms with Crippen molar-refractivity contribution in [2.45, 2.75) is 36.7 Å². The fraction of sp³-hybridized carbons (Fsp3) is 0.700. The molecule has 0 saturated carbocycles. The van der Waals surface area contributed by atoms with E-state index in [1.807, 2.05) is 11.8 Å². The minimum Gasteiger partial charge on any atom is -0.327 e. The van der Waals surface area contributed by atoms with Crippen molar-refractivity contribution >= 4 is 28.5 Å². The first-order valence-corrected chi connectivity index (χ1v) is 5.93. The smallest absolute Gasteiger partial charge is 0.223 e. The minimum absolute atomic E-state index is 0.292. The van der Waals surface area contributed by atoms with Gasteiger partial charge in [0.05, 0.1) is 4.05 Å². The van der Waals surface area contributed by atoms with Gasteiger partial charge in [-0.2, -0.15) is 0 Å². The topological polar surface area (TPSA) is 20.3 Å². The molecule has 1 amide bonds. The molecular formula is C10H16INO. The Bertz CT molecular complexity index is 215. The second-order valence-corrected chi connectivity index (χ2v) is 5.10. The molecule has 1 heterocycles. The van der Waals surface area contributed by atoms with Crippen LogP contribution in [0.2, 0.25) is 0 Å². The van der Waals surface area contributed by atoms with E-state index >= 15 is 0 Å². The first kappa shape index (κ1) is 11.0. The molecule has 2 nitrogen and oxygen atoms in total. The van der Waals surface area contributed by atoms with Gasteiger partial charge in [-0.05, 0) is 19.8 Å². The highest BCUT2D eigenvalue weighted by molar-refractivity contribution is 14.1. The molecule has 1 rings (SSSR count). The van der Waals surface area contributed by atoms with Gasteiger partial charge < -0.3 is 4.90 Å². The highest BCUT2D eigenvalue weighted by Gasteiger charge is 2.23. The quantitative estimate of drug-likeness (QED) is 0.332. The van der Waals surface area contributed by atoms with Crippen molar-refractivity contribution in [2.75, 3.05) is 6.54 Å². The van der Waals surface area contributed by atoms with E-state index < -0.39 is 0 Å². The summed E-state index contributed by atoms with van der Waals surface area (Å²) in [7, 11) is 0. The van der Waals surface area contributed by atoms with E-state index in [2.05, 4.69) is 29.2 Å².